The van der Waals surface area contributed by atoms with Crippen molar-refractivity contribution in [2.45, 2.75) is 41.5 Å². The van der Waals surface area contributed by atoms with Crippen LogP contribution in [0.3, 0.4) is 0 Å². The van der Waals surface area contributed by atoms with Crippen LogP contribution in [0.2, 0.25) is 0 Å². The standard InChI is InChI=1S/C7H10.C3H6.2C2H6/c1-3-5-7-6-4-2;1-3-2;2*1-2/h3-7H,1H2,2H3;3H,1H2,2H3;2*1-2H3/b6-4-,7-5-;;;. The predicted octanol–water partition coefficient (Wildman–Crippen LogP) is 5.55. The number of hydrogen-bond acceptors (Lipinski definition) is 0. The van der Waals surface area contributed by atoms with Gasteiger partial charge in [-0.1, -0.05) is 70.7 Å². The SMILES string of the molecule is C=C/C=C\C=C/C.C=CC.CC.CC. The molecule has 0 heterocycles. The molecule has 0 atom stereocenters. The summed E-state index contributed by atoms with van der Waals surface area (Å²) in [7, 11) is 0. The second kappa shape index (κ2) is 58.4. The molecule has 0 aromatic heterocycles. The minimum Gasteiger partial charge on any atom is -0.103 e. The Morgan fingerprint density at radius 1 is 0.714 bits per heavy atom. The van der Waals surface area contributed by atoms with E-state index in [1.54, 1.807) is 12.2 Å². The van der Waals surface area contributed by atoms with Crippen molar-refractivity contribution in [2.24, 2.45) is 0 Å². The molecule has 0 N–H and O–H groups in total. The molecule has 14 heavy (non-hydrogen) atoms. The van der Waals surface area contributed by atoms with Crippen LogP contribution in [0.25, 0.3) is 0 Å². The summed E-state index contributed by atoms with van der Waals surface area (Å²) in [5.74, 6) is 0. The van der Waals surface area contributed by atoms with Crippen molar-refractivity contribution >= 4 is 0 Å². The van der Waals surface area contributed by atoms with Crippen LogP contribution in [-0.4, -0.2) is 0 Å². The molecule has 0 amide bonds. The second-order valence-corrected chi connectivity index (χ2v) is 1.55. The molecule has 0 unspecified atom stereocenters. The highest BCUT2D eigenvalue weighted by Gasteiger charge is 1.52. The van der Waals surface area contributed by atoms with Gasteiger partial charge in [0.1, 0.15) is 0 Å². The summed E-state index contributed by atoms with van der Waals surface area (Å²) in [4.78, 5) is 0. The molecule has 0 spiro atoms. The summed E-state index contributed by atoms with van der Waals surface area (Å²) < 4.78 is 0. The largest absolute Gasteiger partial charge is 0.103 e. The van der Waals surface area contributed by atoms with Gasteiger partial charge in [0.2, 0.25) is 0 Å². The number of allylic oxidation sites excluding steroid dienone is 6. The minimum atomic E-state index is 1.75. The fourth-order valence-corrected chi connectivity index (χ4v) is 0.254. The molecule has 0 aliphatic rings. The molecule has 0 saturated carbocycles. The average molecular weight is 196 g/mol. The van der Waals surface area contributed by atoms with E-state index in [0.717, 1.165) is 0 Å². The Bertz CT molecular complexity index is 116. The lowest BCUT2D eigenvalue weighted by molar-refractivity contribution is 1.50. The Kier molecular flexibility index (Phi) is 96.3. The average Bonchev–Trinajstić information content (AvgIpc) is 2.26. The highest BCUT2D eigenvalue weighted by Crippen LogP contribution is 1.74. The maximum absolute atomic E-state index is 3.51. The molecule has 0 rings (SSSR count). The third kappa shape index (κ3) is 124. The first-order valence-electron chi connectivity index (χ1n) is 5.30. The van der Waals surface area contributed by atoms with Gasteiger partial charge in [-0.25, -0.2) is 0 Å². The van der Waals surface area contributed by atoms with Crippen molar-refractivity contribution in [2.75, 3.05) is 0 Å². The zero-order valence-electron chi connectivity index (χ0n) is 10.9. The van der Waals surface area contributed by atoms with Gasteiger partial charge in [-0.15, -0.1) is 6.58 Å². The first-order chi connectivity index (χ1) is 6.83. The lowest BCUT2D eigenvalue weighted by Crippen LogP contribution is -1.43. The van der Waals surface area contributed by atoms with E-state index in [9.17, 15) is 0 Å². The van der Waals surface area contributed by atoms with Gasteiger partial charge in [-0.05, 0) is 13.8 Å². The molecule has 84 valence electrons. The van der Waals surface area contributed by atoms with Crippen molar-refractivity contribution in [1.29, 1.82) is 0 Å². The molecule has 0 radical (unpaired) electrons. The fraction of sp³-hybridized carbons (Fsp3) is 0.429. The third-order valence-electron chi connectivity index (χ3n) is 0.551. The van der Waals surface area contributed by atoms with E-state index in [0.29, 0.717) is 0 Å². The molecular formula is C14H28. The smallest absolute Gasteiger partial charge is 0.0467 e. The molecule has 0 saturated heterocycles. The van der Waals surface area contributed by atoms with Crippen LogP contribution >= 0.6 is 0 Å². The molecule has 0 aliphatic carbocycles. The highest BCUT2D eigenvalue weighted by atomic mass is 13.6. The molecule has 0 heteroatoms. The van der Waals surface area contributed by atoms with E-state index in [-0.39, 0.29) is 0 Å². The van der Waals surface area contributed by atoms with Crippen LogP contribution < -0.4 is 0 Å². The van der Waals surface area contributed by atoms with Crippen molar-refractivity contribution < 1.29 is 0 Å². The quantitative estimate of drug-likeness (QED) is 0.401. The van der Waals surface area contributed by atoms with E-state index in [1.165, 1.54) is 0 Å². The van der Waals surface area contributed by atoms with Crippen LogP contribution in [0, 0.1) is 0 Å². The van der Waals surface area contributed by atoms with Crippen molar-refractivity contribution in [3.8, 4) is 0 Å². The Morgan fingerprint density at radius 2 is 1.07 bits per heavy atom. The summed E-state index contributed by atoms with van der Waals surface area (Å²) in [5.41, 5.74) is 0. The predicted molar refractivity (Wildman–Crippen MR) is 72.7 cm³/mol. The molecule has 0 bridgehead atoms. The molecular weight excluding hydrogens is 168 g/mol. The Morgan fingerprint density at radius 3 is 1.29 bits per heavy atom. The lowest BCUT2D eigenvalue weighted by Gasteiger charge is -1.65. The van der Waals surface area contributed by atoms with Crippen molar-refractivity contribution in [3.05, 3.63) is 49.6 Å². The second-order valence-electron chi connectivity index (χ2n) is 1.55. The summed E-state index contributed by atoms with van der Waals surface area (Å²) in [6, 6.07) is 0. The molecule has 0 aromatic rings. The minimum absolute atomic E-state index is 1.75. The van der Waals surface area contributed by atoms with Crippen molar-refractivity contribution in [1.82, 2.24) is 0 Å². The monoisotopic (exact) mass is 196 g/mol. The van der Waals surface area contributed by atoms with E-state index in [2.05, 4.69) is 13.2 Å². The van der Waals surface area contributed by atoms with Crippen LogP contribution in [0.4, 0.5) is 0 Å². The van der Waals surface area contributed by atoms with Crippen LogP contribution in [0.15, 0.2) is 49.6 Å². The van der Waals surface area contributed by atoms with Gasteiger partial charge in [0, 0.05) is 0 Å². The maximum atomic E-state index is 3.51. The fourth-order valence-electron chi connectivity index (χ4n) is 0.254. The van der Waals surface area contributed by atoms with E-state index in [1.807, 2.05) is 65.8 Å². The Labute approximate surface area is 91.7 Å². The zero-order valence-corrected chi connectivity index (χ0v) is 10.9. The first-order valence-corrected chi connectivity index (χ1v) is 5.30. The van der Waals surface area contributed by atoms with Gasteiger partial charge in [0.15, 0.2) is 0 Å². The third-order valence-corrected chi connectivity index (χ3v) is 0.551. The molecule has 0 nitrogen and oxygen atoms in total. The molecule has 0 fully saturated rings. The maximum Gasteiger partial charge on any atom is -0.0467 e. The van der Waals surface area contributed by atoms with Crippen LogP contribution in [0.1, 0.15) is 41.5 Å². The molecule has 0 aromatic carbocycles. The normalized spacial score (nSPS) is 7.29. The number of rotatable bonds is 2. The van der Waals surface area contributed by atoms with E-state index >= 15 is 0 Å². The number of hydrogen-bond donors (Lipinski definition) is 0. The van der Waals surface area contributed by atoms with Gasteiger partial charge in [0.25, 0.3) is 0 Å². The van der Waals surface area contributed by atoms with Gasteiger partial charge in [-0.2, -0.15) is 0 Å². The first kappa shape index (κ1) is 23.1. The Hall–Kier alpha value is -1.04. The van der Waals surface area contributed by atoms with Crippen LogP contribution in [-0.2, 0) is 0 Å². The summed E-state index contributed by atoms with van der Waals surface area (Å²) in [6.45, 7) is 18.7. The summed E-state index contributed by atoms with van der Waals surface area (Å²) in [5, 5.41) is 0. The van der Waals surface area contributed by atoms with Gasteiger partial charge in [-0.3, -0.25) is 0 Å². The summed E-state index contributed by atoms with van der Waals surface area (Å²) >= 11 is 0. The van der Waals surface area contributed by atoms with E-state index in [4.69, 9.17) is 0 Å². The molecule has 0 aliphatic heterocycles. The van der Waals surface area contributed by atoms with Gasteiger partial charge in [0.05, 0.1) is 0 Å². The van der Waals surface area contributed by atoms with Gasteiger partial charge < -0.3 is 0 Å². The zero-order chi connectivity index (χ0) is 12.2. The van der Waals surface area contributed by atoms with Crippen molar-refractivity contribution in [3.63, 3.8) is 0 Å². The lowest BCUT2D eigenvalue weighted by atomic mass is 10.4. The van der Waals surface area contributed by atoms with Gasteiger partial charge >= 0.3 is 0 Å². The summed E-state index contributed by atoms with van der Waals surface area (Å²) in [6.07, 6.45) is 11.3. The van der Waals surface area contributed by atoms with Crippen LogP contribution in [0.5, 0.6) is 0 Å². The topological polar surface area (TPSA) is 0 Å². The Balaban J connectivity index is -0.0000000603. The highest BCUT2D eigenvalue weighted by molar-refractivity contribution is 5.07. The van der Waals surface area contributed by atoms with E-state index < -0.39 is 0 Å².